The minimum absolute atomic E-state index is 0.0229. The Kier molecular flexibility index (Phi) is 18.0. The number of carboxylic acid groups (broad SMARTS) is 1. The van der Waals surface area contributed by atoms with Gasteiger partial charge in [-0.1, -0.05) is 18.2 Å². The Morgan fingerprint density at radius 2 is 1.73 bits per heavy atom. The number of thiazole rings is 1. The van der Waals surface area contributed by atoms with Gasteiger partial charge in [0.1, 0.15) is 18.1 Å². The molecule has 6 amide bonds. The van der Waals surface area contributed by atoms with Crippen molar-refractivity contribution >= 4 is 79.8 Å². The van der Waals surface area contributed by atoms with E-state index in [9.17, 15) is 51.6 Å². The first-order chi connectivity index (χ1) is 29.9. The third kappa shape index (κ3) is 15.8. The fraction of sp³-hybridized carbons (Fsp3) is 0.405. The Morgan fingerprint density at radius 1 is 0.984 bits per heavy atom. The van der Waals surface area contributed by atoms with Crippen molar-refractivity contribution in [2.24, 2.45) is 26.7 Å². The molecule has 1 unspecified atom stereocenters. The number of benzene rings is 1. The van der Waals surface area contributed by atoms with E-state index in [2.05, 4.69) is 51.8 Å². The summed E-state index contributed by atoms with van der Waals surface area (Å²) in [4.78, 5) is 104. The molecule has 2 aromatic heterocycles. The number of hydrogen-bond donors (Lipinski definition) is 9. The third-order valence-corrected chi connectivity index (χ3v) is 10.9. The first kappa shape index (κ1) is 48.7. The van der Waals surface area contributed by atoms with Gasteiger partial charge in [-0.25, -0.2) is 9.97 Å². The molecule has 1 aliphatic heterocycles. The molecule has 0 aliphatic carbocycles. The highest BCUT2D eigenvalue weighted by atomic mass is 32.2. The largest absolute Gasteiger partial charge is 0.481 e. The lowest BCUT2D eigenvalue weighted by atomic mass is 10.0. The molecule has 0 saturated heterocycles. The number of nitrogens with one attached hydrogen (secondary N) is 5. The summed E-state index contributed by atoms with van der Waals surface area (Å²) >= 11 is 0.950. The van der Waals surface area contributed by atoms with Gasteiger partial charge in [0.05, 0.1) is 42.1 Å². The Balaban J connectivity index is 1.42. The first-order valence-corrected chi connectivity index (χ1v) is 21.6. The summed E-state index contributed by atoms with van der Waals surface area (Å²) in [5.74, 6) is -5.69. The van der Waals surface area contributed by atoms with E-state index in [0.717, 1.165) is 16.2 Å². The van der Waals surface area contributed by atoms with E-state index < -0.39 is 82.6 Å². The minimum Gasteiger partial charge on any atom is -0.481 e. The van der Waals surface area contributed by atoms with Crippen LogP contribution in [0.15, 0.2) is 68.1 Å². The third-order valence-electron chi connectivity index (χ3n) is 9.14. The van der Waals surface area contributed by atoms with E-state index in [1.165, 1.54) is 49.0 Å². The van der Waals surface area contributed by atoms with Crippen molar-refractivity contribution < 1.29 is 51.6 Å². The van der Waals surface area contributed by atoms with Crippen molar-refractivity contribution in [1.82, 2.24) is 36.1 Å². The molecule has 1 aromatic carbocycles. The number of hydrogen-bond acceptors (Lipinski definition) is 15. The standard InChI is InChI=1S/C37H47N13O11S2/c1-50-26(9-6-14-41-36(38)39)34(57)43-19-30(52)47-25(16-31(53)54)33(56)48-37-45-23(20-62-37)15-29(51)46-24(35(50)58)8-4-5-13-40-32(55)22-11-12-28(42-17-22)49-44-18-21-7-2-3-10-27(21)63(59,60)61/h2-3,7,10-12,17,20,24-26H,4-6,8-9,13-16,18-19H2,1H3,(H,40,55)(H,43,57)(H,46,51)(H,47,52)(H,53,54)(H4,38,39,41)(H,45,48,56)(H,59,60,61)/t24?,25-,26-/m0/s1. The highest BCUT2D eigenvalue weighted by molar-refractivity contribution is 7.85. The number of carbonyl (C=O) groups excluding carboxylic acids is 6. The summed E-state index contributed by atoms with van der Waals surface area (Å²) in [6, 6.07) is 4.76. The van der Waals surface area contributed by atoms with E-state index >= 15 is 0 Å². The lowest BCUT2D eigenvalue weighted by Crippen LogP contribution is -2.55. The zero-order valence-corrected chi connectivity index (χ0v) is 35.5. The van der Waals surface area contributed by atoms with Gasteiger partial charge in [-0.05, 0) is 55.9 Å². The zero-order valence-electron chi connectivity index (χ0n) is 33.9. The van der Waals surface area contributed by atoms with Crippen molar-refractivity contribution in [2.75, 3.05) is 32.0 Å². The normalized spacial score (nSPS) is 18.0. The molecule has 4 rings (SSSR count). The Labute approximate surface area is 364 Å². The van der Waals surface area contributed by atoms with Crippen LogP contribution in [-0.4, -0.2) is 125 Å². The summed E-state index contributed by atoms with van der Waals surface area (Å²) in [6.45, 7) is -0.567. The number of carboxylic acids is 1. The molecule has 0 radical (unpaired) electrons. The Hall–Kier alpha value is -6.93. The minimum atomic E-state index is -4.45. The van der Waals surface area contributed by atoms with Crippen LogP contribution in [0.2, 0.25) is 0 Å². The summed E-state index contributed by atoms with van der Waals surface area (Å²) < 4.78 is 32.6. The number of aliphatic carboxylic acids is 1. The average molecular weight is 914 g/mol. The number of aliphatic imine (C=N–C) groups is 1. The number of nitrogens with zero attached hydrogens (tertiary/aromatic N) is 6. The van der Waals surface area contributed by atoms with E-state index in [-0.39, 0.29) is 83.9 Å². The molecule has 11 N–H and O–H groups in total. The number of azo groups is 1. The topological polar surface area (TPSA) is 372 Å². The van der Waals surface area contributed by atoms with Crippen molar-refractivity contribution in [2.45, 2.75) is 74.5 Å². The van der Waals surface area contributed by atoms with Crippen LogP contribution in [0.5, 0.6) is 0 Å². The van der Waals surface area contributed by atoms with E-state index in [4.69, 9.17) is 11.5 Å². The van der Waals surface area contributed by atoms with Crippen molar-refractivity contribution in [3.8, 4) is 0 Å². The highest BCUT2D eigenvalue weighted by Gasteiger charge is 2.33. The number of amides is 6. The van der Waals surface area contributed by atoms with Gasteiger partial charge >= 0.3 is 5.97 Å². The molecule has 24 nitrogen and oxygen atoms in total. The van der Waals surface area contributed by atoms with Crippen molar-refractivity contribution in [1.29, 1.82) is 0 Å². The monoisotopic (exact) mass is 913 g/mol. The van der Waals surface area contributed by atoms with Crippen LogP contribution >= 0.6 is 11.3 Å². The first-order valence-electron chi connectivity index (χ1n) is 19.2. The fourth-order valence-electron chi connectivity index (χ4n) is 6.04. The zero-order chi connectivity index (χ0) is 46.1. The number of aromatic nitrogens is 2. The van der Waals surface area contributed by atoms with Crippen LogP contribution in [0.1, 0.15) is 60.1 Å². The summed E-state index contributed by atoms with van der Waals surface area (Å²) in [7, 11) is -3.10. The quantitative estimate of drug-likeness (QED) is 0.0290. The van der Waals surface area contributed by atoms with Crippen LogP contribution in [0.4, 0.5) is 10.9 Å². The molecule has 0 saturated carbocycles. The second kappa shape index (κ2) is 23.3. The Morgan fingerprint density at radius 3 is 2.43 bits per heavy atom. The number of fused-ring (bicyclic) bond motifs is 2. The van der Waals surface area contributed by atoms with Gasteiger partial charge in [0.2, 0.25) is 29.5 Å². The molecular formula is C37H47N13O11S2. The number of guanidine groups is 1. The lowest BCUT2D eigenvalue weighted by molar-refractivity contribution is -0.142. The SMILES string of the molecule is CN1C(=O)C(CCCCNC(=O)c2ccc(N=NCc3ccccc3S(=O)(=O)O)nc2)NC(=O)Cc2csc(n2)NC(=O)[C@H](CC(=O)O)NC(=O)CNC(=O)[C@@H]1CCCN=C(N)N. The molecule has 3 heterocycles. The number of nitrogens with two attached hydrogens (primary N) is 2. The average Bonchev–Trinajstić information content (AvgIpc) is 3.66. The smallest absolute Gasteiger partial charge is 0.305 e. The maximum absolute atomic E-state index is 14.1. The lowest BCUT2D eigenvalue weighted by Gasteiger charge is -2.31. The van der Waals surface area contributed by atoms with Gasteiger partial charge in [-0.3, -0.25) is 43.1 Å². The molecule has 2 bridgehead atoms. The summed E-state index contributed by atoms with van der Waals surface area (Å²) in [5, 5.41) is 31.3. The van der Waals surface area contributed by atoms with Crippen LogP contribution in [-0.2, 0) is 51.9 Å². The van der Waals surface area contributed by atoms with Crippen molar-refractivity contribution in [3.63, 3.8) is 0 Å². The number of likely N-dealkylation sites (N-methyl/N-ethyl adjacent to an activating group) is 1. The summed E-state index contributed by atoms with van der Waals surface area (Å²) in [6.07, 6.45) is 1.17. The second-order valence-electron chi connectivity index (χ2n) is 13.9. The molecule has 0 spiro atoms. The summed E-state index contributed by atoms with van der Waals surface area (Å²) in [5.41, 5.74) is 11.5. The van der Waals surface area contributed by atoms with Crippen LogP contribution < -0.4 is 38.1 Å². The number of rotatable bonds is 16. The molecule has 26 heteroatoms. The molecule has 3 atom stereocenters. The van der Waals surface area contributed by atoms with Crippen LogP contribution in [0.25, 0.3) is 0 Å². The van der Waals surface area contributed by atoms with Gasteiger partial charge < -0.3 is 48.1 Å². The molecule has 63 heavy (non-hydrogen) atoms. The van der Waals surface area contributed by atoms with E-state index in [1.807, 2.05) is 0 Å². The predicted molar refractivity (Wildman–Crippen MR) is 225 cm³/mol. The molecule has 338 valence electrons. The number of pyridine rings is 1. The van der Waals surface area contributed by atoms with Gasteiger partial charge in [0.25, 0.3) is 16.0 Å². The highest BCUT2D eigenvalue weighted by Crippen LogP contribution is 2.19. The second-order valence-corrected chi connectivity index (χ2v) is 16.2. The maximum Gasteiger partial charge on any atom is 0.305 e. The van der Waals surface area contributed by atoms with Gasteiger partial charge in [-0.15, -0.1) is 16.5 Å². The molecule has 0 fully saturated rings. The van der Waals surface area contributed by atoms with E-state index in [1.54, 1.807) is 6.07 Å². The number of anilines is 1. The molecule has 1 aliphatic rings. The predicted octanol–water partition coefficient (Wildman–Crippen LogP) is -0.395. The van der Waals surface area contributed by atoms with Crippen molar-refractivity contribution in [3.05, 3.63) is 64.8 Å². The van der Waals surface area contributed by atoms with Gasteiger partial charge in [0, 0.05) is 31.7 Å². The molecule has 3 aromatic rings. The van der Waals surface area contributed by atoms with Gasteiger partial charge in [0.15, 0.2) is 16.9 Å². The number of carbonyl (C=O) groups is 7. The Bertz CT molecular complexity index is 2320. The van der Waals surface area contributed by atoms with Gasteiger partial charge in [-0.2, -0.15) is 13.5 Å². The fourth-order valence-corrected chi connectivity index (χ4v) is 7.47. The van der Waals surface area contributed by atoms with E-state index in [0.29, 0.717) is 12.8 Å². The van der Waals surface area contributed by atoms with Crippen LogP contribution in [0.3, 0.4) is 0 Å². The van der Waals surface area contributed by atoms with Crippen LogP contribution in [0, 0.1) is 0 Å². The maximum atomic E-state index is 14.1. The number of unbranched alkanes of at least 4 members (excludes halogenated alkanes) is 1. The molecular weight excluding hydrogens is 867 g/mol.